The van der Waals surface area contributed by atoms with Crippen molar-refractivity contribution < 1.29 is 9.47 Å². The summed E-state index contributed by atoms with van der Waals surface area (Å²) in [7, 11) is 1.57. The van der Waals surface area contributed by atoms with Gasteiger partial charge in [-0.1, -0.05) is 6.58 Å². The quantitative estimate of drug-likeness (QED) is 0.615. The second-order valence-corrected chi connectivity index (χ2v) is 1.82. The molecule has 0 aliphatic rings. The predicted molar refractivity (Wildman–Crippen MR) is 41.6 cm³/mol. The van der Waals surface area contributed by atoms with Crippen molar-refractivity contribution >= 4 is 0 Å². The van der Waals surface area contributed by atoms with Gasteiger partial charge in [-0.15, -0.1) is 0 Å². The second-order valence-electron chi connectivity index (χ2n) is 1.82. The summed E-state index contributed by atoms with van der Waals surface area (Å²) in [5.41, 5.74) is 0. The van der Waals surface area contributed by atoms with Crippen LogP contribution in [0, 0.1) is 0 Å². The Morgan fingerprint density at radius 3 is 2.82 bits per heavy atom. The molecule has 0 aliphatic heterocycles. The van der Waals surface area contributed by atoms with Crippen LogP contribution in [-0.2, 0) is 0 Å². The number of hydrogen-bond donors (Lipinski definition) is 0. The Morgan fingerprint density at radius 1 is 1.55 bits per heavy atom. The third-order valence-corrected chi connectivity index (χ3v) is 1.14. The highest BCUT2D eigenvalue weighted by Crippen LogP contribution is 2.12. The van der Waals surface area contributed by atoms with Gasteiger partial charge in [-0.2, -0.15) is 0 Å². The van der Waals surface area contributed by atoms with E-state index in [1.807, 2.05) is 0 Å². The first kappa shape index (κ1) is 7.60. The molecule has 0 saturated heterocycles. The highest BCUT2D eigenvalue weighted by Gasteiger charge is 1.92. The topological polar surface area (TPSA) is 31.4 Å². The fraction of sp³-hybridized carbons (Fsp3) is 0.125. The van der Waals surface area contributed by atoms with Crippen LogP contribution in [0.4, 0.5) is 0 Å². The molecule has 0 atom stereocenters. The first-order valence-electron chi connectivity index (χ1n) is 3.14. The summed E-state index contributed by atoms with van der Waals surface area (Å²) in [6.45, 7) is 3.42. The van der Waals surface area contributed by atoms with Gasteiger partial charge in [0.2, 0.25) is 5.88 Å². The van der Waals surface area contributed by atoms with Crippen LogP contribution in [0.25, 0.3) is 0 Å². The number of pyridine rings is 1. The first-order valence-corrected chi connectivity index (χ1v) is 3.14. The molecule has 0 aromatic carbocycles. The molecule has 1 rings (SSSR count). The van der Waals surface area contributed by atoms with Gasteiger partial charge in [0, 0.05) is 6.07 Å². The van der Waals surface area contributed by atoms with E-state index in [0.717, 1.165) is 0 Å². The zero-order chi connectivity index (χ0) is 8.10. The van der Waals surface area contributed by atoms with Crippen LogP contribution in [0.3, 0.4) is 0 Å². The van der Waals surface area contributed by atoms with Gasteiger partial charge in [-0.25, -0.2) is 4.98 Å². The SMILES string of the molecule is C=COc1ccc(OC)nc1. The molecule has 0 unspecified atom stereocenters. The number of methoxy groups -OCH3 is 1. The Morgan fingerprint density at radius 2 is 2.36 bits per heavy atom. The monoisotopic (exact) mass is 151 g/mol. The van der Waals surface area contributed by atoms with E-state index in [-0.39, 0.29) is 0 Å². The Kier molecular flexibility index (Phi) is 2.49. The van der Waals surface area contributed by atoms with Crippen molar-refractivity contribution in [1.29, 1.82) is 0 Å². The molecule has 0 N–H and O–H groups in total. The van der Waals surface area contributed by atoms with Crippen LogP contribution in [0.2, 0.25) is 0 Å². The predicted octanol–water partition coefficient (Wildman–Crippen LogP) is 1.61. The van der Waals surface area contributed by atoms with Gasteiger partial charge in [0.1, 0.15) is 5.75 Å². The maximum absolute atomic E-state index is 4.95. The first-order chi connectivity index (χ1) is 5.36. The lowest BCUT2D eigenvalue weighted by Crippen LogP contribution is -1.87. The van der Waals surface area contributed by atoms with Crippen molar-refractivity contribution in [3.63, 3.8) is 0 Å². The maximum Gasteiger partial charge on any atom is 0.213 e. The molecule has 1 aromatic rings. The minimum absolute atomic E-state index is 0.571. The largest absolute Gasteiger partial charge is 0.481 e. The van der Waals surface area contributed by atoms with E-state index in [1.54, 1.807) is 25.4 Å². The van der Waals surface area contributed by atoms with E-state index >= 15 is 0 Å². The van der Waals surface area contributed by atoms with Crippen molar-refractivity contribution in [3.8, 4) is 11.6 Å². The van der Waals surface area contributed by atoms with Crippen LogP contribution in [0.5, 0.6) is 11.6 Å². The minimum Gasteiger partial charge on any atom is -0.481 e. The van der Waals surface area contributed by atoms with Crippen LogP contribution < -0.4 is 9.47 Å². The van der Waals surface area contributed by atoms with Gasteiger partial charge in [-0.05, 0) is 6.07 Å². The number of aromatic nitrogens is 1. The van der Waals surface area contributed by atoms with E-state index in [0.29, 0.717) is 11.6 Å². The molecule has 0 saturated carbocycles. The minimum atomic E-state index is 0.571. The number of hydrogen-bond acceptors (Lipinski definition) is 3. The second kappa shape index (κ2) is 3.61. The normalized spacial score (nSPS) is 8.82. The van der Waals surface area contributed by atoms with Crippen molar-refractivity contribution in [1.82, 2.24) is 4.98 Å². The molecule has 0 spiro atoms. The van der Waals surface area contributed by atoms with Gasteiger partial charge in [0.15, 0.2) is 0 Å². The standard InChI is InChI=1S/C8H9NO2/c1-3-11-7-4-5-8(10-2)9-6-7/h3-6H,1H2,2H3. The third-order valence-electron chi connectivity index (χ3n) is 1.14. The lowest BCUT2D eigenvalue weighted by molar-refractivity contribution is 0.395. The Labute approximate surface area is 65.3 Å². The number of rotatable bonds is 3. The van der Waals surface area contributed by atoms with Crippen molar-refractivity contribution in [2.24, 2.45) is 0 Å². The summed E-state index contributed by atoms with van der Waals surface area (Å²) in [5, 5.41) is 0. The van der Waals surface area contributed by atoms with Crippen LogP contribution in [-0.4, -0.2) is 12.1 Å². The summed E-state index contributed by atoms with van der Waals surface area (Å²) in [6.07, 6.45) is 2.92. The molecule has 0 fully saturated rings. The fourth-order valence-corrected chi connectivity index (χ4v) is 0.653. The molecule has 11 heavy (non-hydrogen) atoms. The average Bonchev–Trinajstić information content (AvgIpc) is 2.07. The summed E-state index contributed by atoms with van der Waals surface area (Å²) in [4.78, 5) is 3.92. The van der Waals surface area contributed by atoms with Gasteiger partial charge in [-0.3, -0.25) is 0 Å². The molecule has 0 aliphatic carbocycles. The van der Waals surface area contributed by atoms with Gasteiger partial charge >= 0.3 is 0 Å². The van der Waals surface area contributed by atoms with Crippen molar-refractivity contribution in [3.05, 3.63) is 31.2 Å². The van der Waals surface area contributed by atoms with Gasteiger partial charge in [0.25, 0.3) is 0 Å². The Hall–Kier alpha value is -1.51. The summed E-state index contributed by atoms with van der Waals surface area (Å²) in [5.74, 6) is 1.22. The molecular formula is C8H9NO2. The molecule has 0 radical (unpaired) electrons. The molecule has 3 heteroatoms. The van der Waals surface area contributed by atoms with Crippen molar-refractivity contribution in [2.75, 3.05) is 7.11 Å². The maximum atomic E-state index is 4.95. The Balaban J connectivity index is 2.74. The Bertz CT molecular complexity index is 230. The third kappa shape index (κ3) is 1.97. The van der Waals surface area contributed by atoms with Gasteiger partial charge in [0.05, 0.1) is 19.6 Å². The highest BCUT2D eigenvalue weighted by atomic mass is 16.5. The smallest absolute Gasteiger partial charge is 0.213 e. The van der Waals surface area contributed by atoms with E-state index in [4.69, 9.17) is 9.47 Å². The molecule has 3 nitrogen and oxygen atoms in total. The van der Waals surface area contributed by atoms with E-state index in [2.05, 4.69) is 11.6 Å². The lowest BCUT2D eigenvalue weighted by atomic mass is 10.4. The highest BCUT2D eigenvalue weighted by molar-refractivity contribution is 5.23. The molecule has 0 amide bonds. The summed E-state index contributed by atoms with van der Waals surface area (Å²) in [6, 6.07) is 3.48. The van der Waals surface area contributed by atoms with Crippen LogP contribution in [0.15, 0.2) is 31.2 Å². The van der Waals surface area contributed by atoms with Crippen LogP contribution >= 0.6 is 0 Å². The van der Waals surface area contributed by atoms with Gasteiger partial charge < -0.3 is 9.47 Å². The van der Waals surface area contributed by atoms with E-state index in [9.17, 15) is 0 Å². The molecule has 0 bridgehead atoms. The molecular weight excluding hydrogens is 142 g/mol. The zero-order valence-electron chi connectivity index (χ0n) is 6.28. The number of nitrogens with zero attached hydrogens (tertiary/aromatic N) is 1. The lowest BCUT2D eigenvalue weighted by Gasteiger charge is -1.99. The fourth-order valence-electron chi connectivity index (χ4n) is 0.653. The van der Waals surface area contributed by atoms with Crippen molar-refractivity contribution in [2.45, 2.75) is 0 Å². The van der Waals surface area contributed by atoms with Crippen LogP contribution in [0.1, 0.15) is 0 Å². The average molecular weight is 151 g/mol. The van der Waals surface area contributed by atoms with E-state index in [1.165, 1.54) is 6.26 Å². The molecule has 1 aromatic heterocycles. The summed E-state index contributed by atoms with van der Waals surface area (Å²) < 4.78 is 9.81. The van der Waals surface area contributed by atoms with E-state index < -0.39 is 0 Å². The zero-order valence-corrected chi connectivity index (χ0v) is 6.28. The number of ether oxygens (including phenoxy) is 2. The summed E-state index contributed by atoms with van der Waals surface area (Å²) >= 11 is 0. The molecule has 58 valence electrons. The molecule has 1 heterocycles.